The van der Waals surface area contributed by atoms with Gasteiger partial charge in [-0.15, -0.1) is 12.6 Å². The third kappa shape index (κ3) is 2.01. The molecule has 66 valence electrons. The molecule has 0 amide bonds. The van der Waals surface area contributed by atoms with E-state index in [9.17, 15) is 4.39 Å². The summed E-state index contributed by atoms with van der Waals surface area (Å²) in [5.41, 5.74) is 1.13. The molecule has 0 spiro atoms. The molecule has 0 saturated heterocycles. The third-order valence-corrected chi connectivity index (χ3v) is 2.52. The molecule has 0 nitrogen and oxygen atoms in total. The van der Waals surface area contributed by atoms with Crippen LogP contribution in [0.4, 0.5) is 4.39 Å². The average Bonchev–Trinajstić information content (AvgIpc) is 2.03. The molecule has 0 fully saturated rings. The van der Waals surface area contributed by atoms with Crippen LogP contribution in [0.15, 0.2) is 23.1 Å². The van der Waals surface area contributed by atoms with E-state index in [0.717, 1.165) is 16.9 Å². The van der Waals surface area contributed by atoms with Crippen LogP contribution in [0.3, 0.4) is 0 Å². The molecule has 0 aliphatic rings. The van der Waals surface area contributed by atoms with Gasteiger partial charge in [-0.25, -0.2) is 4.39 Å². The predicted octanol–water partition coefficient (Wildman–Crippen LogP) is 3.63. The number of thiol groups is 1. The van der Waals surface area contributed by atoms with E-state index in [4.69, 9.17) is 0 Å². The normalized spacial score (nSPS) is 13.0. The molecule has 1 aromatic carbocycles. The Morgan fingerprint density at radius 1 is 1.50 bits per heavy atom. The minimum atomic E-state index is -0.216. The second kappa shape index (κ2) is 3.94. The lowest BCUT2D eigenvalue weighted by Gasteiger charge is -2.11. The Morgan fingerprint density at radius 2 is 2.17 bits per heavy atom. The lowest BCUT2D eigenvalue weighted by Crippen LogP contribution is -1.93. The smallest absolute Gasteiger partial charge is 0.124 e. The van der Waals surface area contributed by atoms with Crippen LogP contribution in [0.1, 0.15) is 31.7 Å². The fourth-order valence-corrected chi connectivity index (χ4v) is 1.57. The Hall–Kier alpha value is -0.500. The van der Waals surface area contributed by atoms with Crippen molar-refractivity contribution in [3.8, 4) is 0 Å². The van der Waals surface area contributed by atoms with Crippen molar-refractivity contribution in [3.63, 3.8) is 0 Å². The minimum absolute atomic E-state index is 0.216. The largest absolute Gasteiger partial charge is 0.207 e. The van der Waals surface area contributed by atoms with Crippen molar-refractivity contribution < 1.29 is 4.39 Å². The van der Waals surface area contributed by atoms with E-state index >= 15 is 0 Å². The first-order valence-electron chi connectivity index (χ1n) is 4.13. The van der Waals surface area contributed by atoms with Crippen molar-refractivity contribution in [2.75, 3.05) is 0 Å². The minimum Gasteiger partial charge on any atom is -0.207 e. The summed E-state index contributed by atoms with van der Waals surface area (Å²) < 4.78 is 12.7. The zero-order chi connectivity index (χ0) is 9.14. The molecule has 0 aliphatic carbocycles. The van der Waals surface area contributed by atoms with Gasteiger partial charge in [-0.05, 0) is 30.0 Å². The van der Waals surface area contributed by atoms with E-state index in [1.165, 1.54) is 12.1 Å². The molecule has 0 bridgehead atoms. The average molecular weight is 184 g/mol. The van der Waals surface area contributed by atoms with E-state index in [0.29, 0.717) is 5.92 Å². The van der Waals surface area contributed by atoms with Gasteiger partial charge in [0.15, 0.2) is 0 Å². The second-order valence-corrected chi connectivity index (χ2v) is 3.49. The Labute approximate surface area is 78.2 Å². The topological polar surface area (TPSA) is 0 Å². The lowest BCUT2D eigenvalue weighted by atomic mass is 9.99. The molecule has 0 aliphatic heterocycles. The van der Waals surface area contributed by atoms with Crippen molar-refractivity contribution >= 4 is 12.6 Å². The lowest BCUT2D eigenvalue weighted by molar-refractivity contribution is 0.619. The second-order valence-electron chi connectivity index (χ2n) is 3.01. The third-order valence-electron chi connectivity index (χ3n) is 2.14. The fraction of sp³-hybridized carbons (Fsp3) is 0.400. The van der Waals surface area contributed by atoms with Crippen molar-refractivity contribution in [2.45, 2.75) is 31.1 Å². The van der Waals surface area contributed by atoms with Crippen molar-refractivity contribution in [3.05, 3.63) is 29.6 Å². The molecule has 2 heteroatoms. The van der Waals surface area contributed by atoms with Crippen LogP contribution in [0, 0.1) is 5.82 Å². The fourth-order valence-electron chi connectivity index (χ4n) is 1.15. The van der Waals surface area contributed by atoms with Gasteiger partial charge >= 0.3 is 0 Å². The van der Waals surface area contributed by atoms with Gasteiger partial charge < -0.3 is 0 Å². The summed E-state index contributed by atoms with van der Waals surface area (Å²) >= 11 is 4.22. The van der Waals surface area contributed by atoms with Gasteiger partial charge in [-0.1, -0.05) is 19.9 Å². The van der Waals surface area contributed by atoms with E-state index in [-0.39, 0.29) is 5.82 Å². The maximum Gasteiger partial charge on any atom is 0.124 e. The molecular weight excluding hydrogens is 171 g/mol. The Balaban J connectivity index is 3.01. The molecular formula is C10H13FS. The van der Waals surface area contributed by atoms with E-state index < -0.39 is 0 Å². The zero-order valence-electron chi connectivity index (χ0n) is 7.34. The van der Waals surface area contributed by atoms with Crippen molar-refractivity contribution in [2.24, 2.45) is 0 Å². The summed E-state index contributed by atoms with van der Waals surface area (Å²) in [6.07, 6.45) is 1.05. The highest BCUT2D eigenvalue weighted by Crippen LogP contribution is 2.25. The summed E-state index contributed by atoms with van der Waals surface area (Å²) in [4.78, 5) is 0.754. The predicted molar refractivity (Wildman–Crippen MR) is 52.4 cm³/mol. The number of benzene rings is 1. The standard InChI is InChI=1S/C10H13FS/c1-3-7(2)9-5-4-8(11)6-10(9)12/h4-7,12H,3H2,1-2H3. The Kier molecular flexibility index (Phi) is 3.15. The summed E-state index contributed by atoms with van der Waals surface area (Å²) in [6.45, 7) is 4.23. The summed E-state index contributed by atoms with van der Waals surface area (Å²) in [5.74, 6) is 0.241. The molecule has 1 unspecified atom stereocenters. The molecule has 1 atom stereocenters. The SMILES string of the molecule is CCC(C)c1ccc(F)cc1S. The highest BCUT2D eigenvalue weighted by Gasteiger charge is 2.06. The molecule has 0 saturated carbocycles. The Morgan fingerprint density at radius 3 is 2.67 bits per heavy atom. The number of rotatable bonds is 2. The van der Waals surface area contributed by atoms with Crippen LogP contribution in [0.2, 0.25) is 0 Å². The summed E-state index contributed by atoms with van der Waals surface area (Å²) in [7, 11) is 0. The van der Waals surface area contributed by atoms with Crippen molar-refractivity contribution in [1.29, 1.82) is 0 Å². The van der Waals surface area contributed by atoms with Gasteiger partial charge in [0, 0.05) is 4.90 Å². The van der Waals surface area contributed by atoms with Gasteiger partial charge in [-0.3, -0.25) is 0 Å². The van der Waals surface area contributed by atoms with Crippen LogP contribution < -0.4 is 0 Å². The highest BCUT2D eigenvalue weighted by atomic mass is 32.1. The molecule has 0 aromatic heterocycles. The quantitative estimate of drug-likeness (QED) is 0.667. The molecule has 12 heavy (non-hydrogen) atoms. The monoisotopic (exact) mass is 184 g/mol. The summed E-state index contributed by atoms with van der Waals surface area (Å²) in [5, 5.41) is 0. The molecule has 0 heterocycles. The van der Waals surface area contributed by atoms with Crippen LogP contribution in [0.25, 0.3) is 0 Å². The maximum atomic E-state index is 12.7. The van der Waals surface area contributed by atoms with Crippen LogP contribution in [-0.4, -0.2) is 0 Å². The highest BCUT2D eigenvalue weighted by molar-refractivity contribution is 7.80. The number of hydrogen-bond donors (Lipinski definition) is 1. The molecule has 0 radical (unpaired) electrons. The molecule has 0 N–H and O–H groups in total. The van der Waals surface area contributed by atoms with Gasteiger partial charge in [0.05, 0.1) is 0 Å². The van der Waals surface area contributed by atoms with E-state index in [2.05, 4.69) is 26.5 Å². The van der Waals surface area contributed by atoms with Crippen LogP contribution >= 0.6 is 12.6 Å². The van der Waals surface area contributed by atoms with Crippen LogP contribution in [0.5, 0.6) is 0 Å². The van der Waals surface area contributed by atoms with Gasteiger partial charge in [0.25, 0.3) is 0 Å². The van der Waals surface area contributed by atoms with E-state index in [1.807, 2.05) is 6.07 Å². The van der Waals surface area contributed by atoms with E-state index in [1.54, 1.807) is 0 Å². The first-order valence-corrected chi connectivity index (χ1v) is 4.58. The molecule has 1 aromatic rings. The summed E-state index contributed by atoms with van der Waals surface area (Å²) in [6, 6.07) is 4.76. The van der Waals surface area contributed by atoms with Crippen molar-refractivity contribution in [1.82, 2.24) is 0 Å². The van der Waals surface area contributed by atoms with Gasteiger partial charge in [0.1, 0.15) is 5.82 Å². The first kappa shape index (κ1) is 9.59. The molecule has 1 rings (SSSR count). The Bertz CT molecular complexity index is 271. The number of halogens is 1. The maximum absolute atomic E-state index is 12.7. The number of hydrogen-bond acceptors (Lipinski definition) is 1. The zero-order valence-corrected chi connectivity index (χ0v) is 8.24. The van der Waals surface area contributed by atoms with Crippen LogP contribution in [-0.2, 0) is 0 Å². The first-order chi connectivity index (χ1) is 5.65. The van der Waals surface area contributed by atoms with Gasteiger partial charge in [-0.2, -0.15) is 0 Å². The van der Waals surface area contributed by atoms with Gasteiger partial charge in [0.2, 0.25) is 0 Å².